The van der Waals surface area contributed by atoms with Gasteiger partial charge in [-0.15, -0.1) is 0 Å². The van der Waals surface area contributed by atoms with E-state index >= 15 is 0 Å². The molecular formula is C28H42N2. The van der Waals surface area contributed by atoms with E-state index in [1.807, 2.05) is 12.4 Å². The van der Waals surface area contributed by atoms with Crippen LogP contribution in [0.15, 0.2) is 36.7 Å². The minimum atomic E-state index is 0.842. The van der Waals surface area contributed by atoms with Gasteiger partial charge in [0.15, 0.2) is 5.82 Å². The van der Waals surface area contributed by atoms with Gasteiger partial charge in [-0.1, -0.05) is 109 Å². The minimum absolute atomic E-state index is 0.842. The van der Waals surface area contributed by atoms with Crippen LogP contribution in [-0.4, -0.2) is 9.97 Å². The molecule has 1 fully saturated rings. The molecule has 0 amide bonds. The predicted molar refractivity (Wildman–Crippen MR) is 129 cm³/mol. The van der Waals surface area contributed by atoms with E-state index in [0.29, 0.717) is 0 Å². The Morgan fingerprint density at radius 3 is 1.93 bits per heavy atom. The lowest BCUT2D eigenvalue weighted by atomic mass is 9.77. The maximum Gasteiger partial charge on any atom is 0.159 e. The summed E-state index contributed by atoms with van der Waals surface area (Å²) in [5.41, 5.74) is 3.81. The largest absolute Gasteiger partial charge is 0.236 e. The molecule has 30 heavy (non-hydrogen) atoms. The van der Waals surface area contributed by atoms with Crippen molar-refractivity contribution in [2.24, 2.45) is 11.8 Å². The van der Waals surface area contributed by atoms with E-state index in [1.54, 1.807) is 0 Å². The molecule has 1 aliphatic carbocycles. The van der Waals surface area contributed by atoms with Gasteiger partial charge in [0.2, 0.25) is 0 Å². The van der Waals surface area contributed by atoms with Gasteiger partial charge < -0.3 is 0 Å². The lowest BCUT2D eigenvalue weighted by molar-refractivity contribution is 0.248. The molecule has 0 radical (unpaired) electrons. The van der Waals surface area contributed by atoms with Crippen LogP contribution >= 0.6 is 0 Å². The molecule has 1 aromatic carbocycles. The highest BCUT2D eigenvalue weighted by atomic mass is 14.9. The van der Waals surface area contributed by atoms with Crippen LogP contribution in [0.5, 0.6) is 0 Å². The Morgan fingerprint density at radius 1 is 0.667 bits per heavy atom. The molecule has 0 aliphatic heterocycles. The summed E-state index contributed by atoms with van der Waals surface area (Å²) < 4.78 is 0. The Balaban J connectivity index is 1.36. The van der Waals surface area contributed by atoms with Crippen molar-refractivity contribution in [3.05, 3.63) is 47.8 Å². The standard InChI is InChI=1S/C28H42N2/c1-3-5-6-7-8-10-23-11-13-24(14-12-23)15-16-25-17-19-27(20-18-25)28-29-21-26(9-4-2)22-30-28/h17-24H,3-16H2,1-2H3/t23-,24-. The summed E-state index contributed by atoms with van der Waals surface area (Å²) in [7, 11) is 0. The van der Waals surface area contributed by atoms with Gasteiger partial charge in [-0.3, -0.25) is 0 Å². The van der Waals surface area contributed by atoms with Crippen molar-refractivity contribution in [2.75, 3.05) is 0 Å². The Labute approximate surface area is 184 Å². The zero-order chi connectivity index (χ0) is 21.0. The average Bonchev–Trinajstić information content (AvgIpc) is 2.79. The molecule has 1 saturated carbocycles. The van der Waals surface area contributed by atoms with Crippen molar-refractivity contribution in [1.82, 2.24) is 9.97 Å². The van der Waals surface area contributed by atoms with Gasteiger partial charge in [0, 0.05) is 18.0 Å². The number of hydrogen-bond acceptors (Lipinski definition) is 2. The fourth-order valence-corrected chi connectivity index (χ4v) is 4.96. The minimum Gasteiger partial charge on any atom is -0.236 e. The van der Waals surface area contributed by atoms with Gasteiger partial charge in [-0.2, -0.15) is 0 Å². The summed E-state index contributed by atoms with van der Waals surface area (Å²) in [5, 5.41) is 0. The molecule has 1 aliphatic rings. The first-order chi connectivity index (χ1) is 14.8. The summed E-state index contributed by atoms with van der Waals surface area (Å²) in [6, 6.07) is 8.94. The van der Waals surface area contributed by atoms with Crippen molar-refractivity contribution in [2.45, 2.75) is 104 Å². The van der Waals surface area contributed by atoms with Crippen molar-refractivity contribution in [3.63, 3.8) is 0 Å². The first-order valence-corrected chi connectivity index (χ1v) is 12.7. The van der Waals surface area contributed by atoms with Crippen LogP contribution in [0.4, 0.5) is 0 Å². The number of unbranched alkanes of at least 4 members (excludes halogenated alkanes) is 4. The normalized spacial score (nSPS) is 19.1. The van der Waals surface area contributed by atoms with Gasteiger partial charge in [-0.05, 0) is 42.2 Å². The average molecular weight is 407 g/mol. The van der Waals surface area contributed by atoms with Crippen molar-refractivity contribution >= 4 is 0 Å². The Hall–Kier alpha value is -1.70. The Kier molecular flexibility index (Phi) is 9.86. The molecular weight excluding hydrogens is 364 g/mol. The molecule has 3 rings (SSSR count). The van der Waals surface area contributed by atoms with Gasteiger partial charge in [0.1, 0.15) is 0 Å². The van der Waals surface area contributed by atoms with E-state index in [9.17, 15) is 0 Å². The van der Waals surface area contributed by atoms with E-state index < -0.39 is 0 Å². The van der Waals surface area contributed by atoms with E-state index in [0.717, 1.165) is 36.1 Å². The summed E-state index contributed by atoms with van der Waals surface area (Å²) >= 11 is 0. The Morgan fingerprint density at radius 2 is 1.30 bits per heavy atom. The second-order valence-corrected chi connectivity index (χ2v) is 9.49. The van der Waals surface area contributed by atoms with E-state index in [1.165, 1.54) is 88.2 Å². The smallest absolute Gasteiger partial charge is 0.159 e. The highest BCUT2D eigenvalue weighted by molar-refractivity contribution is 5.55. The predicted octanol–water partition coefficient (Wildman–Crippen LogP) is 8.20. The zero-order valence-corrected chi connectivity index (χ0v) is 19.4. The van der Waals surface area contributed by atoms with E-state index in [2.05, 4.69) is 48.1 Å². The second-order valence-electron chi connectivity index (χ2n) is 9.49. The molecule has 0 bridgehead atoms. The topological polar surface area (TPSA) is 25.8 Å². The lowest BCUT2D eigenvalue weighted by Crippen LogP contribution is -2.15. The summed E-state index contributed by atoms with van der Waals surface area (Å²) in [6.45, 7) is 4.49. The van der Waals surface area contributed by atoms with Gasteiger partial charge in [-0.25, -0.2) is 9.97 Å². The quantitative estimate of drug-likeness (QED) is 0.332. The lowest BCUT2D eigenvalue weighted by Gasteiger charge is -2.28. The molecule has 0 spiro atoms. The van der Waals surface area contributed by atoms with Crippen LogP contribution in [0.3, 0.4) is 0 Å². The summed E-state index contributed by atoms with van der Waals surface area (Å²) in [5.74, 6) is 2.80. The molecule has 2 heteroatoms. The molecule has 2 nitrogen and oxygen atoms in total. The number of rotatable bonds is 12. The third-order valence-corrected chi connectivity index (χ3v) is 6.98. The van der Waals surface area contributed by atoms with Crippen molar-refractivity contribution in [1.29, 1.82) is 0 Å². The Bertz CT molecular complexity index is 696. The van der Waals surface area contributed by atoms with Crippen LogP contribution in [0, 0.1) is 11.8 Å². The molecule has 1 heterocycles. The molecule has 0 N–H and O–H groups in total. The second kappa shape index (κ2) is 12.9. The van der Waals surface area contributed by atoms with Crippen molar-refractivity contribution in [3.8, 4) is 11.4 Å². The maximum absolute atomic E-state index is 4.55. The monoisotopic (exact) mass is 406 g/mol. The first-order valence-electron chi connectivity index (χ1n) is 12.7. The third-order valence-electron chi connectivity index (χ3n) is 6.98. The SMILES string of the molecule is CCCCCCC[C@H]1CC[C@H](CCc2ccc(-c3ncc(CCC)cn3)cc2)CC1. The van der Waals surface area contributed by atoms with Crippen molar-refractivity contribution < 1.29 is 0 Å². The number of aryl methyl sites for hydroxylation is 2. The molecule has 2 aromatic rings. The highest BCUT2D eigenvalue weighted by Gasteiger charge is 2.20. The van der Waals surface area contributed by atoms with E-state index in [4.69, 9.17) is 0 Å². The van der Waals surface area contributed by atoms with Crippen LogP contribution < -0.4 is 0 Å². The van der Waals surface area contributed by atoms with Crippen LogP contribution in [0.1, 0.15) is 102 Å². The van der Waals surface area contributed by atoms with Gasteiger partial charge >= 0.3 is 0 Å². The van der Waals surface area contributed by atoms with Gasteiger partial charge in [0.25, 0.3) is 0 Å². The summed E-state index contributed by atoms with van der Waals surface area (Å²) in [4.78, 5) is 9.10. The highest BCUT2D eigenvalue weighted by Crippen LogP contribution is 2.34. The molecule has 0 unspecified atom stereocenters. The third kappa shape index (κ3) is 7.52. The van der Waals surface area contributed by atoms with Crippen LogP contribution in [0.25, 0.3) is 11.4 Å². The zero-order valence-electron chi connectivity index (χ0n) is 19.4. The molecule has 1 aromatic heterocycles. The first kappa shape index (κ1) is 23.0. The van der Waals surface area contributed by atoms with Crippen LogP contribution in [0.2, 0.25) is 0 Å². The number of nitrogens with zero attached hydrogens (tertiary/aromatic N) is 2. The fourth-order valence-electron chi connectivity index (χ4n) is 4.96. The molecule has 164 valence electrons. The number of aromatic nitrogens is 2. The van der Waals surface area contributed by atoms with Gasteiger partial charge in [0.05, 0.1) is 0 Å². The summed E-state index contributed by atoms with van der Waals surface area (Å²) in [6.07, 6.45) is 23.2. The number of benzene rings is 1. The molecule has 0 saturated heterocycles. The van der Waals surface area contributed by atoms with Crippen LogP contribution in [-0.2, 0) is 12.8 Å². The number of hydrogen-bond donors (Lipinski definition) is 0. The van der Waals surface area contributed by atoms with E-state index in [-0.39, 0.29) is 0 Å². The maximum atomic E-state index is 4.55. The fraction of sp³-hybridized carbons (Fsp3) is 0.643. The molecule has 0 atom stereocenters.